The Bertz CT molecular complexity index is 574. The third-order valence-electron chi connectivity index (χ3n) is 2.98. The van der Waals surface area contributed by atoms with Crippen molar-refractivity contribution in [3.63, 3.8) is 0 Å². The van der Waals surface area contributed by atoms with E-state index in [0.717, 1.165) is 11.1 Å². The fraction of sp³-hybridized carbons (Fsp3) is 0.357. The second kappa shape index (κ2) is 7.87. The van der Waals surface area contributed by atoms with Crippen LogP contribution in [-0.2, 0) is 9.59 Å². The Morgan fingerprint density at radius 1 is 1.23 bits per heavy atom. The summed E-state index contributed by atoms with van der Waals surface area (Å²) in [5, 5.41) is 2.10. The number of primary amides is 1. The first kappa shape index (κ1) is 17.3. The number of hydrogen-bond donors (Lipinski definition) is 4. The molecule has 22 heavy (non-hydrogen) atoms. The Kier molecular flexibility index (Phi) is 6.18. The van der Waals surface area contributed by atoms with E-state index in [1.165, 1.54) is 0 Å². The summed E-state index contributed by atoms with van der Waals surface area (Å²) in [5.41, 5.74) is 11.2. The standard InChI is InChI=1S/C14H20N4O4/c1-8-5-4-6-11(9(8)2)22-10(3)13(20)18-17-12(19)7-16-14(15)21/h4-6,10H,7H2,1-3H3,(H,17,19)(H,18,20)(H3,15,16,21). The van der Waals surface area contributed by atoms with E-state index in [0.29, 0.717) is 5.75 Å². The lowest BCUT2D eigenvalue weighted by molar-refractivity contribution is -0.132. The maximum atomic E-state index is 11.8. The SMILES string of the molecule is Cc1cccc(OC(C)C(=O)NNC(=O)CNC(N)=O)c1C. The van der Waals surface area contributed by atoms with Crippen molar-refractivity contribution in [1.29, 1.82) is 0 Å². The van der Waals surface area contributed by atoms with E-state index in [-0.39, 0.29) is 6.54 Å². The zero-order valence-corrected chi connectivity index (χ0v) is 12.7. The van der Waals surface area contributed by atoms with Crippen molar-refractivity contribution in [1.82, 2.24) is 16.2 Å². The van der Waals surface area contributed by atoms with Gasteiger partial charge in [0.15, 0.2) is 6.10 Å². The fourth-order valence-corrected chi connectivity index (χ4v) is 1.54. The molecule has 8 heteroatoms. The summed E-state index contributed by atoms with van der Waals surface area (Å²) in [6, 6.07) is 4.72. The van der Waals surface area contributed by atoms with E-state index in [1.54, 1.807) is 13.0 Å². The van der Waals surface area contributed by atoms with E-state index in [1.807, 2.05) is 26.0 Å². The normalized spacial score (nSPS) is 11.2. The van der Waals surface area contributed by atoms with E-state index in [2.05, 4.69) is 16.2 Å². The molecular formula is C14H20N4O4. The van der Waals surface area contributed by atoms with Gasteiger partial charge in [-0.25, -0.2) is 4.79 Å². The van der Waals surface area contributed by atoms with Gasteiger partial charge in [-0.15, -0.1) is 0 Å². The molecule has 0 saturated heterocycles. The number of amides is 4. The number of hydrazine groups is 1. The Morgan fingerprint density at radius 3 is 2.55 bits per heavy atom. The van der Waals surface area contributed by atoms with Crippen LogP contribution in [0.2, 0.25) is 0 Å². The fourth-order valence-electron chi connectivity index (χ4n) is 1.54. The van der Waals surface area contributed by atoms with E-state index in [9.17, 15) is 14.4 Å². The average Bonchev–Trinajstić information content (AvgIpc) is 2.47. The molecule has 0 radical (unpaired) electrons. The van der Waals surface area contributed by atoms with Gasteiger partial charge in [0, 0.05) is 0 Å². The maximum absolute atomic E-state index is 11.8. The molecule has 0 aromatic heterocycles. The minimum atomic E-state index is -0.826. The highest BCUT2D eigenvalue weighted by molar-refractivity contribution is 5.87. The largest absolute Gasteiger partial charge is 0.481 e. The van der Waals surface area contributed by atoms with Crippen molar-refractivity contribution < 1.29 is 19.1 Å². The lowest BCUT2D eigenvalue weighted by atomic mass is 10.1. The van der Waals surface area contributed by atoms with Crippen molar-refractivity contribution in [2.75, 3.05) is 6.54 Å². The molecule has 0 spiro atoms. The molecule has 120 valence electrons. The molecule has 8 nitrogen and oxygen atoms in total. The van der Waals surface area contributed by atoms with Gasteiger partial charge in [-0.1, -0.05) is 12.1 Å². The molecule has 0 bridgehead atoms. The van der Waals surface area contributed by atoms with Crippen LogP contribution in [0, 0.1) is 13.8 Å². The molecule has 5 N–H and O–H groups in total. The van der Waals surface area contributed by atoms with Crippen LogP contribution in [-0.4, -0.2) is 30.5 Å². The lowest BCUT2D eigenvalue weighted by Crippen LogP contribution is -2.50. The summed E-state index contributed by atoms with van der Waals surface area (Å²) in [5.74, 6) is -0.524. The lowest BCUT2D eigenvalue weighted by Gasteiger charge is -2.17. The third-order valence-corrected chi connectivity index (χ3v) is 2.98. The van der Waals surface area contributed by atoms with Crippen LogP contribution in [0.25, 0.3) is 0 Å². The van der Waals surface area contributed by atoms with Gasteiger partial charge >= 0.3 is 6.03 Å². The van der Waals surface area contributed by atoms with E-state index < -0.39 is 23.9 Å². The summed E-state index contributed by atoms with van der Waals surface area (Å²) in [6.07, 6.45) is -0.801. The average molecular weight is 308 g/mol. The van der Waals surface area contributed by atoms with Gasteiger partial charge in [0.2, 0.25) is 0 Å². The molecular weight excluding hydrogens is 288 g/mol. The number of urea groups is 1. The van der Waals surface area contributed by atoms with Crippen molar-refractivity contribution in [2.45, 2.75) is 26.9 Å². The van der Waals surface area contributed by atoms with Crippen LogP contribution in [0.1, 0.15) is 18.1 Å². The minimum absolute atomic E-state index is 0.332. The number of carbonyl (C=O) groups excluding carboxylic acids is 3. The highest BCUT2D eigenvalue weighted by Gasteiger charge is 2.16. The molecule has 0 aliphatic rings. The third kappa shape index (κ3) is 5.31. The zero-order chi connectivity index (χ0) is 16.7. The van der Waals surface area contributed by atoms with Crippen LogP contribution >= 0.6 is 0 Å². The van der Waals surface area contributed by atoms with E-state index in [4.69, 9.17) is 10.5 Å². The van der Waals surface area contributed by atoms with Gasteiger partial charge in [0.1, 0.15) is 12.3 Å². The van der Waals surface area contributed by atoms with Crippen molar-refractivity contribution >= 4 is 17.8 Å². The molecule has 1 aromatic rings. The molecule has 0 fully saturated rings. The summed E-state index contributed by atoms with van der Waals surface area (Å²) in [4.78, 5) is 33.6. The molecule has 1 atom stereocenters. The first-order chi connectivity index (χ1) is 10.3. The minimum Gasteiger partial charge on any atom is -0.481 e. The monoisotopic (exact) mass is 308 g/mol. The second-order valence-electron chi connectivity index (χ2n) is 4.71. The van der Waals surface area contributed by atoms with Gasteiger partial charge in [-0.2, -0.15) is 0 Å². The van der Waals surface area contributed by atoms with Gasteiger partial charge < -0.3 is 15.8 Å². The number of ether oxygens (including phenoxy) is 1. The molecule has 0 aliphatic heterocycles. The number of rotatable bonds is 5. The zero-order valence-electron chi connectivity index (χ0n) is 12.7. The van der Waals surface area contributed by atoms with Crippen molar-refractivity contribution in [3.05, 3.63) is 29.3 Å². The molecule has 4 amide bonds. The first-order valence-electron chi connectivity index (χ1n) is 6.66. The molecule has 0 heterocycles. The van der Waals surface area contributed by atoms with Crippen molar-refractivity contribution in [2.24, 2.45) is 5.73 Å². The molecule has 0 saturated carbocycles. The predicted molar refractivity (Wildman–Crippen MR) is 79.9 cm³/mol. The number of aryl methyl sites for hydroxylation is 1. The van der Waals surface area contributed by atoms with Crippen LogP contribution in [0.3, 0.4) is 0 Å². The maximum Gasteiger partial charge on any atom is 0.312 e. The smallest absolute Gasteiger partial charge is 0.312 e. The molecule has 1 aromatic carbocycles. The van der Waals surface area contributed by atoms with Gasteiger partial charge in [-0.05, 0) is 38.0 Å². The summed E-state index contributed by atoms with van der Waals surface area (Å²) in [6.45, 7) is 5.07. The predicted octanol–water partition coefficient (Wildman–Crippen LogP) is -0.114. The van der Waals surface area contributed by atoms with Crippen LogP contribution in [0.4, 0.5) is 4.79 Å². The second-order valence-corrected chi connectivity index (χ2v) is 4.71. The first-order valence-corrected chi connectivity index (χ1v) is 6.66. The van der Waals surface area contributed by atoms with Gasteiger partial charge in [-0.3, -0.25) is 20.4 Å². The molecule has 1 rings (SSSR count). The Hall–Kier alpha value is -2.77. The molecule has 1 unspecified atom stereocenters. The van der Waals surface area contributed by atoms with Gasteiger partial charge in [0.05, 0.1) is 0 Å². The van der Waals surface area contributed by atoms with Crippen molar-refractivity contribution in [3.8, 4) is 5.75 Å². The summed E-state index contributed by atoms with van der Waals surface area (Å²) >= 11 is 0. The van der Waals surface area contributed by atoms with Crippen LogP contribution in [0.15, 0.2) is 18.2 Å². The molecule has 0 aliphatic carbocycles. The van der Waals surface area contributed by atoms with E-state index >= 15 is 0 Å². The summed E-state index contributed by atoms with van der Waals surface area (Å²) in [7, 11) is 0. The van der Waals surface area contributed by atoms with Crippen LogP contribution < -0.4 is 26.6 Å². The topological polar surface area (TPSA) is 123 Å². The van der Waals surface area contributed by atoms with Gasteiger partial charge in [0.25, 0.3) is 11.8 Å². The number of hydrogen-bond acceptors (Lipinski definition) is 4. The number of nitrogens with one attached hydrogen (secondary N) is 3. The highest BCUT2D eigenvalue weighted by Crippen LogP contribution is 2.21. The Morgan fingerprint density at radius 2 is 1.91 bits per heavy atom. The summed E-state index contributed by atoms with van der Waals surface area (Å²) < 4.78 is 5.57. The van der Waals surface area contributed by atoms with Crippen LogP contribution in [0.5, 0.6) is 5.75 Å². The highest BCUT2D eigenvalue weighted by atomic mass is 16.5. The quantitative estimate of drug-likeness (QED) is 0.567. The number of nitrogens with two attached hydrogens (primary N) is 1. The Balaban J connectivity index is 2.47. The number of benzene rings is 1. The number of carbonyl (C=O) groups is 3. The Labute approximate surface area is 128 Å².